The summed E-state index contributed by atoms with van der Waals surface area (Å²) < 4.78 is 0. The van der Waals surface area contributed by atoms with Crippen LogP contribution in [0.15, 0.2) is 30.3 Å². The van der Waals surface area contributed by atoms with E-state index in [1.807, 2.05) is 0 Å². The molecule has 2 atom stereocenters. The third-order valence-electron chi connectivity index (χ3n) is 1.83. The number of aliphatic hydroxyl groups excluding tert-OH is 1. The van der Waals surface area contributed by atoms with Crippen LogP contribution >= 0.6 is 0 Å². The van der Waals surface area contributed by atoms with Gasteiger partial charge < -0.3 is 21.1 Å². The van der Waals surface area contributed by atoms with Crippen molar-refractivity contribution in [2.75, 3.05) is 0 Å². The number of aromatic carboxylic acids is 1. The van der Waals surface area contributed by atoms with Gasteiger partial charge in [-0.3, -0.25) is 4.79 Å². The van der Waals surface area contributed by atoms with Gasteiger partial charge in [0, 0.05) is 0 Å². The molecule has 0 aliphatic carbocycles. The molecule has 0 amide bonds. The van der Waals surface area contributed by atoms with Crippen molar-refractivity contribution in [2.45, 2.75) is 19.1 Å². The first-order chi connectivity index (χ1) is 7.86. The molecular formula is C11H15NO5. The first kappa shape index (κ1) is 15.1. The summed E-state index contributed by atoms with van der Waals surface area (Å²) in [6, 6.07) is 7.14. The molecule has 0 heterocycles. The molecule has 0 aliphatic rings. The Morgan fingerprint density at radius 1 is 1.18 bits per heavy atom. The summed E-state index contributed by atoms with van der Waals surface area (Å²) in [5, 5.41) is 24.9. The third-order valence-corrected chi connectivity index (χ3v) is 1.83. The number of carboxylic acid groups (broad SMARTS) is 2. The van der Waals surface area contributed by atoms with Crippen LogP contribution in [0, 0.1) is 0 Å². The molecule has 0 aliphatic heterocycles. The summed E-state index contributed by atoms with van der Waals surface area (Å²) >= 11 is 0. The lowest BCUT2D eigenvalue weighted by Gasteiger charge is -2.06. The molecule has 0 aromatic heterocycles. The number of hydrogen-bond donors (Lipinski definition) is 4. The molecule has 2 unspecified atom stereocenters. The maximum absolute atomic E-state index is 10.2. The molecule has 1 aromatic rings. The molecule has 6 nitrogen and oxygen atoms in total. The molecule has 1 aromatic carbocycles. The quantitative estimate of drug-likeness (QED) is 0.598. The van der Waals surface area contributed by atoms with Gasteiger partial charge in [-0.2, -0.15) is 0 Å². The molecule has 17 heavy (non-hydrogen) atoms. The molecule has 5 N–H and O–H groups in total. The Labute approximate surface area is 98.3 Å². The van der Waals surface area contributed by atoms with E-state index < -0.39 is 24.1 Å². The smallest absolute Gasteiger partial charge is 0.335 e. The Morgan fingerprint density at radius 2 is 1.65 bits per heavy atom. The van der Waals surface area contributed by atoms with Crippen LogP contribution < -0.4 is 5.73 Å². The maximum Gasteiger partial charge on any atom is 0.335 e. The van der Waals surface area contributed by atoms with Crippen molar-refractivity contribution in [1.29, 1.82) is 0 Å². The second-order valence-electron chi connectivity index (χ2n) is 3.28. The van der Waals surface area contributed by atoms with E-state index in [-0.39, 0.29) is 0 Å². The number of nitrogens with two attached hydrogens (primary N) is 1. The van der Waals surface area contributed by atoms with E-state index in [0.717, 1.165) is 0 Å². The van der Waals surface area contributed by atoms with Crippen LogP contribution in [-0.2, 0) is 4.79 Å². The zero-order chi connectivity index (χ0) is 13.4. The molecule has 0 bridgehead atoms. The Morgan fingerprint density at radius 3 is 1.82 bits per heavy atom. The van der Waals surface area contributed by atoms with Crippen molar-refractivity contribution in [3.8, 4) is 0 Å². The number of aliphatic hydroxyl groups is 1. The summed E-state index contributed by atoms with van der Waals surface area (Å²) in [5.41, 5.74) is 5.24. The number of aliphatic carboxylic acids is 1. The van der Waals surface area contributed by atoms with E-state index in [2.05, 4.69) is 0 Å². The predicted molar refractivity (Wildman–Crippen MR) is 60.7 cm³/mol. The minimum Gasteiger partial charge on any atom is -0.480 e. The molecule has 0 fully saturated rings. The fourth-order valence-corrected chi connectivity index (χ4v) is 0.787. The van der Waals surface area contributed by atoms with Gasteiger partial charge in [0.25, 0.3) is 0 Å². The van der Waals surface area contributed by atoms with Crippen molar-refractivity contribution >= 4 is 11.9 Å². The first-order valence-corrected chi connectivity index (χ1v) is 4.81. The van der Waals surface area contributed by atoms with Gasteiger partial charge in [0.05, 0.1) is 11.7 Å². The van der Waals surface area contributed by atoms with Crippen molar-refractivity contribution in [3.63, 3.8) is 0 Å². The lowest BCUT2D eigenvalue weighted by molar-refractivity contribution is -0.140. The molecule has 1 rings (SSSR count). The highest BCUT2D eigenvalue weighted by atomic mass is 16.4. The minimum absolute atomic E-state index is 0.331. The topological polar surface area (TPSA) is 121 Å². The highest BCUT2D eigenvalue weighted by Crippen LogP contribution is 1.96. The van der Waals surface area contributed by atoms with Crippen molar-refractivity contribution in [2.24, 2.45) is 5.73 Å². The Kier molecular flexibility index (Phi) is 6.54. The summed E-state index contributed by atoms with van der Waals surface area (Å²) in [5.74, 6) is -2.06. The second-order valence-corrected chi connectivity index (χ2v) is 3.28. The van der Waals surface area contributed by atoms with E-state index in [9.17, 15) is 9.59 Å². The van der Waals surface area contributed by atoms with Crippen LogP contribution in [-0.4, -0.2) is 39.4 Å². The summed E-state index contributed by atoms with van der Waals surface area (Å²) in [7, 11) is 0. The van der Waals surface area contributed by atoms with E-state index in [0.29, 0.717) is 5.56 Å². The molecule has 6 heteroatoms. The summed E-state index contributed by atoms with van der Waals surface area (Å²) in [6.45, 7) is 1.33. The van der Waals surface area contributed by atoms with Gasteiger partial charge in [-0.1, -0.05) is 18.2 Å². The SMILES string of the molecule is CC(O)C(N)C(=O)O.O=C(O)c1ccccc1. The molecule has 0 saturated heterocycles. The van der Waals surface area contributed by atoms with Gasteiger partial charge in [-0.05, 0) is 19.1 Å². The average Bonchev–Trinajstić information content (AvgIpc) is 2.29. The van der Waals surface area contributed by atoms with Crippen LogP contribution in [0.4, 0.5) is 0 Å². The number of carbonyl (C=O) groups is 2. The van der Waals surface area contributed by atoms with Crippen LogP contribution in [0.3, 0.4) is 0 Å². The van der Waals surface area contributed by atoms with Crippen molar-refractivity contribution in [1.82, 2.24) is 0 Å². The van der Waals surface area contributed by atoms with E-state index in [1.165, 1.54) is 6.92 Å². The van der Waals surface area contributed by atoms with Crippen LogP contribution in [0.5, 0.6) is 0 Å². The maximum atomic E-state index is 10.2. The van der Waals surface area contributed by atoms with Gasteiger partial charge in [0.1, 0.15) is 6.04 Å². The fourth-order valence-electron chi connectivity index (χ4n) is 0.787. The highest BCUT2D eigenvalue weighted by Gasteiger charge is 2.16. The number of carboxylic acids is 2. The monoisotopic (exact) mass is 241 g/mol. The normalized spacial score (nSPS) is 12.9. The van der Waals surface area contributed by atoms with Crippen LogP contribution in [0.1, 0.15) is 17.3 Å². The van der Waals surface area contributed by atoms with Gasteiger partial charge in [0.15, 0.2) is 0 Å². The molecular weight excluding hydrogens is 226 g/mol. The fraction of sp³-hybridized carbons (Fsp3) is 0.273. The summed E-state index contributed by atoms with van der Waals surface area (Å²) in [4.78, 5) is 20.1. The van der Waals surface area contributed by atoms with Gasteiger partial charge in [-0.25, -0.2) is 4.79 Å². The minimum atomic E-state index is -1.18. The van der Waals surface area contributed by atoms with Crippen LogP contribution in [0.2, 0.25) is 0 Å². The number of hydrogen-bond acceptors (Lipinski definition) is 4. The van der Waals surface area contributed by atoms with Crippen molar-refractivity contribution in [3.05, 3.63) is 35.9 Å². The molecule has 0 saturated carbocycles. The first-order valence-electron chi connectivity index (χ1n) is 4.81. The molecule has 0 spiro atoms. The lowest BCUT2D eigenvalue weighted by Crippen LogP contribution is -2.39. The summed E-state index contributed by atoms with van der Waals surface area (Å²) in [6.07, 6.45) is -0.979. The van der Waals surface area contributed by atoms with E-state index in [4.69, 9.17) is 21.1 Å². The Hall–Kier alpha value is -1.92. The second kappa shape index (κ2) is 7.37. The number of rotatable bonds is 3. The van der Waals surface area contributed by atoms with Gasteiger partial charge >= 0.3 is 11.9 Å². The Balaban J connectivity index is 0.000000304. The van der Waals surface area contributed by atoms with Crippen LogP contribution in [0.25, 0.3) is 0 Å². The lowest BCUT2D eigenvalue weighted by atomic mass is 10.2. The van der Waals surface area contributed by atoms with Crippen molar-refractivity contribution < 1.29 is 24.9 Å². The third kappa shape index (κ3) is 6.29. The van der Waals surface area contributed by atoms with E-state index >= 15 is 0 Å². The molecule has 94 valence electrons. The zero-order valence-corrected chi connectivity index (χ0v) is 9.28. The largest absolute Gasteiger partial charge is 0.480 e. The van der Waals surface area contributed by atoms with Gasteiger partial charge in [-0.15, -0.1) is 0 Å². The average molecular weight is 241 g/mol. The zero-order valence-electron chi connectivity index (χ0n) is 9.28. The molecule has 0 radical (unpaired) electrons. The predicted octanol–water partition coefficient (Wildman–Crippen LogP) is 0.164. The highest BCUT2D eigenvalue weighted by molar-refractivity contribution is 5.87. The standard InChI is InChI=1S/C7H6O2.C4H9NO3/c8-7(9)6-4-2-1-3-5-6;1-2(6)3(5)4(7)8/h1-5H,(H,8,9);2-3,6H,5H2,1H3,(H,7,8). The Bertz CT molecular complexity index is 363. The number of benzene rings is 1. The van der Waals surface area contributed by atoms with E-state index in [1.54, 1.807) is 30.3 Å². The van der Waals surface area contributed by atoms with Gasteiger partial charge in [0.2, 0.25) is 0 Å².